The molecule has 0 spiro atoms. The topological polar surface area (TPSA) is 56.4 Å². The third kappa shape index (κ3) is 4.69. The number of hydrogen-bond donors (Lipinski definition) is 3. The van der Waals surface area contributed by atoms with Gasteiger partial charge in [0, 0.05) is 37.6 Å². The van der Waals surface area contributed by atoms with Crippen LogP contribution >= 0.6 is 0 Å². The van der Waals surface area contributed by atoms with Crippen molar-refractivity contribution >= 4 is 17.4 Å². The van der Waals surface area contributed by atoms with Gasteiger partial charge in [-0.2, -0.15) is 0 Å². The molecule has 0 unspecified atom stereocenters. The molecule has 1 aliphatic heterocycles. The Morgan fingerprint density at radius 3 is 2.48 bits per heavy atom. The van der Waals surface area contributed by atoms with Gasteiger partial charge in [-0.25, -0.2) is 4.79 Å². The fraction of sp³-hybridized carbons (Fsp3) is 0.438. The van der Waals surface area contributed by atoms with Crippen molar-refractivity contribution < 1.29 is 4.79 Å². The van der Waals surface area contributed by atoms with Crippen LogP contribution in [0.3, 0.4) is 0 Å². The third-order valence-corrected chi connectivity index (χ3v) is 3.64. The molecule has 0 aromatic heterocycles. The number of benzene rings is 1. The van der Waals surface area contributed by atoms with Crippen LogP contribution in [0.25, 0.3) is 0 Å². The van der Waals surface area contributed by atoms with E-state index in [2.05, 4.69) is 26.8 Å². The van der Waals surface area contributed by atoms with Gasteiger partial charge in [0.25, 0.3) is 0 Å². The van der Waals surface area contributed by atoms with Gasteiger partial charge < -0.3 is 16.0 Å². The lowest BCUT2D eigenvalue weighted by atomic mass is 10.0. The molecule has 21 heavy (non-hydrogen) atoms. The number of carbonyl (C=O) groups is 1. The first kappa shape index (κ1) is 15.2. The quantitative estimate of drug-likeness (QED) is 0.742. The number of likely N-dealkylation sites (tertiary alicyclic amines) is 1. The van der Waals surface area contributed by atoms with Crippen LogP contribution in [0.2, 0.25) is 0 Å². The standard InChI is InChI=1S/C16H22N4O/c1-3-10-20-11-8-15(9-12-20)18-13-4-6-14(7-5-13)19-16(21)17-2/h1,4-7,15,18H,8-12H2,2H3,(H2,17,19,21). The first-order valence-electron chi connectivity index (χ1n) is 7.22. The minimum absolute atomic E-state index is 0.211. The van der Waals surface area contributed by atoms with Crippen molar-refractivity contribution in [1.82, 2.24) is 10.2 Å². The maximum Gasteiger partial charge on any atom is 0.318 e. The Morgan fingerprint density at radius 1 is 1.29 bits per heavy atom. The zero-order valence-corrected chi connectivity index (χ0v) is 12.4. The van der Waals surface area contributed by atoms with Crippen molar-refractivity contribution in [3.8, 4) is 12.3 Å². The second-order valence-corrected chi connectivity index (χ2v) is 5.18. The Bertz CT molecular complexity index is 498. The Labute approximate surface area is 126 Å². The van der Waals surface area contributed by atoms with Crippen LogP contribution in [0.5, 0.6) is 0 Å². The van der Waals surface area contributed by atoms with Gasteiger partial charge in [0.15, 0.2) is 0 Å². The summed E-state index contributed by atoms with van der Waals surface area (Å²) in [4.78, 5) is 13.5. The molecule has 112 valence electrons. The summed E-state index contributed by atoms with van der Waals surface area (Å²) in [5, 5.41) is 8.79. The normalized spacial score (nSPS) is 16.0. The molecule has 2 amide bonds. The van der Waals surface area contributed by atoms with E-state index in [0.717, 1.165) is 43.9 Å². The minimum Gasteiger partial charge on any atom is -0.382 e. The number of carbonyl (C=O) groups excluding carboxylic acids is 1. The molecule has 0 radical (unpaired) electrons. The summed E-state index contributed by atoms with van der Waals surface area (Å²) >= 11 is 0. The molecule has 0 aliphatic carbocycles. The van der Waals surface area contributed by atoms with Crippen molar-refractivity contribution in [3.05, 3.63) is 24.3 Å². The average Bonchev–Trinajstić information content (AvgIpc) is 2.51. The van der Waals surface area contributed by atoms with Crippen LogP contribution in [-0.4, -0.2) is 43.7 Å². The highest BCUT2D eigenvalue weighted by Crippen LogP contribution is 2.18. The maximum atomic E-state index is 11.2. The van der Waals surface area contributed by atoms with Gasteiger partial charge in [0.2, 0.25) is 0 Å². The molecule has 1 aliphatic rings. The first-order chi connectivity index (χ1) is 10.2. The van der Waals surface area contributed by atoms with Gasteiger partial charge in [-0.3, -0.25) is 4.90 Å². The number of anilines is 2. The molecule has 1 fully saturated rings. The minimum atomic E-state index is -0.211. The number of terminal acetylenes is 1. The van der Waals surface area contributed by atoms with Crippen LogP contribution in [0.15, 0.2) is 24.3 Å². The molecule has 1 heterocycles. The number of nitrogens with one attached hydrogen (secondary N) is 3. The summed E-state index contributed by atoms with van der Waals surface area (Å²) < 4.78 is 0. The Morgan fingerprint density at radius 2 is 1.90 bits per heavy atom. The van der Waals surface area contributed by atoms with Gasteiger partial charge in [-0.1, -0.05) is 5.92 Å². The summed E-state index contributed by atoms with van der Waals surface area (Å²) in [6.45, 7) is 2.82. The molecule has 0 bridgehead atoms. The van der Waals surface area contributed by atoms with Gasteiger partial charge in [-0.05, 0) is 37.1 Å². The van der Waals surface area contributed by atoms with E-state index in [0.29, 0.717) is 6.04 Å². The van der Waals surface area contributed by atoms with Crippen molar-refractivity contribution in [2.75, 3.05) is 37.3 Å². The monoisotopic (exact) mass is 286 g/mol. The molecule has 0 atom stereocenters. The van der Waals surface area contributed by atoms with E-state index in [9.17, 15) is 4.79 Å². The van der Waals surface area contributed by atoms with Crippen molar-refractivity contribution in [2.24, 2.45) is 0 Å². The molecule has 5 nitrogen and oxygen atoms in total. The summed E-state index contributed by atoms with van der Waals surface area (Å²) in [6.07, 6.45) is 7.53. The Hall–Kier alpha value is -2.19. The predicted octanol–water partition coefficient (Wildman–Crippen LogP) is 1.95. The van der Waals surface area contributed by atoms with E-state index < -0.39 is 0 Å². The number of rotatable bonds is 4. The van der Waals surface area contributed by atoms with E-state index in [-0.39, 0.29) is 6.03 Å². The van der Waals surface area contributed by atoms with E-state index in [1.165, 1.54) is 0 Å². The molecule has 1 saturated heterocycles. The maximum absolute atomic E-state index is 11.2. The number of nitrogens with zero attached hydrogens (tertiary/aromatic N) is 1. The molecular weight excluding hydrogens is 264 g/mol. The zero-order valence-electron chi connectivity index (χ0n) is 12.4. The van der Waals surface area contributed by atoms with Crippen LogP contribution in [0, 0.1) is 12.3 Å². The second kappa shape index (κ2) is 7.55. The van der Waals surface area contributed by atoms with Crippen molar-refractivity contribution in [3.63, 3.8) is 0 Å². The number of amides is 2. The summed E-state index contributed by atoms with van der Waals surface area (Å²) in [6, 6.07) is 8.03. The van der Waals surface area contributed by atoms with Crippen LogP contribution in [0.4, 0.5) is 16.2 Å². The summed E-state index contributed by atoms with van der Waals surface area (Å²) in [5.41, 5.74) is 1.86. The molecule has 5 heteroatoms. The predicted molar refractivity (Wildman–Crippen MR) is 86.4 cm³/mol. The van der Waals surface area contributed by atoms with Crippen molar-refractivity contribution in [1.29, 1.82) is 0 Å². The molecule has 1 aromatic rings. The van der Waals surface area contributed by atoms with E-state index in [4.69, 9.17) is 6.42 Å². The molecule has 3 N–H and O–H groups in total. The number of hydrogen-bond acceptors (Lipinski definition) is 3. The fourth-order valence-corrected chi connectivity index (χ4v) is 2.44. The summed E-state index contributed by atoms with van der Waals surface area (Å²) in [5.74, 6) is 2.69. The van der Waals surface area contributed by atoms with Gasteiger partial charge >= 0.3 is 6.03 Å². The Kier molecular flexibility index (Phi) is 5.47. The lowest BCUT2D eigenvalue weighted by Crippen LogP contribution is -2.39. The SMILES string of the molecule is C#CCN1CCC(Nc2ccc(NC(=O)NC)cc2)CC1. The summed E-state index contributed by atoms with van der Waals surface area (Å²) in [7, 11) is 1.60. The Balaban J connectivity index is 1.81. The number of piperidine rings is 1. The van der Waals surface area contributed by atoms with Gasteiger partial charge in [0.05, 0.1) is 6.54 Å². The van der Waals surface area contributed by atoms with Crippen LogP contribution in [0.1, 0.15) is 12.8 Å². The average molecular weight is 286 g/mol. The van der Waals surface area contributed by atoms with Crippen molar-refractivity contribution in [2.45, 2.75) is 18.9 Å². The van der Waals surface area contributed by atoms with Gasteiger partial charge in [0.1, 0.15) is 0 Å². The smallest absolute Gasteiger partial charge is 0.318 e. The highest BCUT2D eigenvalue weighted by atomic mass is 16.2. The highest BCUT2D eigenvalue weighted by molar-refractivity contribution is 5.89. The fourth-order valence-electron chi connectivity index (χ4n) is 2.44. The van der Waals surface area contributed by atoms with E-state index >= 15 is 0 Å². The highest BCUT2D eigenvalue weighted by Gasteiger charge is 2.18. The lowest BCUT2D eigenvalue weighted by Gasteiger charge is -2.31. The van der Waals surface area contributed by atoms with Crippen LogP contribution < -0.4 is 16.0 Å². The largest absolute Gasteiger partial charge is 0.382 e. The van der Waals surface area contributed by atoms with Crippen LogP contribution in [-0.2, 0) is 0 Å². The molecule has 1 aromatic carbocycles. The van der Waals surface area contributed by atoms with Gasteiger partial charge in [-0.15, -0.1) is 6.42 Å². The molecule has 0 saturated carbocycles. The van der Waals surface area contributed by atoms with E-state index in [1.54, 1.807) is 7.05 Å². The molecular formula is C16H22N4O. The first-order valence-corrected chi connectivity index (χ1v) is 7.22. The lowest BCUT2D eigenvalue weighted by molar-refractivity contribution is 0.243. The van der Waals surface area contributed by atoms with E-state index in [1.807, 2.05) is 24.3 Å². The zero-order chi connectivity index (χ0) is 15.1. The number of urea groups is 1. The third-order valence-electron chi connectivity index (χ3n) is 3.64. The second-order valence-electron chi connectivity index (χ2n) is 5.18. The molecule has 2 rings (SSSR count).